The molecule has 0 saturated heterocycles. The van der Waals surface area contributed by atoms with Crippen molar-refractivity contribution in [1.29, 1.82) is 0 Å². The molecule has 0 unspecified atom stereocenters. The Morgan fingerprint density at radius 3 is 2.59 bits per heavy atom. The molecular formula is C14H17NO2. The van der Waals surface area contributed by atoms with Crippen molar-refractivity contribution >= 4 is 17.2 Å². The third-order valence-corrected chi connectivity index (χ3v) is 3.07. The molecular weight excluding hydrogens is 214 g/mol. The fourth-order valence-corrected chi connectivity index (χ4v) is 2.28. The van der Waals surface area contributed by atoms with Crippen LogP contribution in [0.3, 0.4) is 0 Å². The summed E-state index contributed by atoms with van der Waals surface area (Å²) in [5.74, 6) is 0.812. The van der Waals surface area contributed by atoms with Crippen LogP contribution in [0.25, 0.3) is 10.9 Å². The Hall–Kier alpha value is -1.77. The minimum Gasteiger partial charge on any atom is -0.495 e. The second-order valence-corrected chi connectivity index (χ2v) is 4.50. The van der Waals surface area contributed by atoms with E-state index in [1.54, 1.807) is 7.11 Å². The number of ether oxygens (including phenoxy) is 1. The van der Waals surface area contributed by atoms with Crippen molar-refractivity contribution in [3.8, 4) is 5.75 Å². The van der Waals surface area contributed by atoms with Gasteiger partial charge in [0, 0.05) is 11.4 Å². The Balaban J connectivity index is 2.92. The highest BCUT2D eigenvalue weighted by Crippen LogP contribution is 2.33. The predicted molar refractivity (Wildman–Crippen MR) is 69.0 cm³/mol. The van der Waals surface area contributed by atoms with E-state index in [4.69, 9.17) is 4.74 Å². The number of aromatic nitrogens is 1. The van der Waals surface area contributed by atoms with Crippen LogP contribution >= 0.6 is 0 Å². The van der Waals surface area contributed by atoms with Gasteiger partial charge in [0.1, 0.15) is 5.75 Å². The Labute approximate surface area is 101 Å². The molecule has 0 amide bonds. The zero-order chi connectivity index (χ0) is 12.6. The lowest BCUT2D eigenvalue weighted by Crippen LogP contribution is -2.05. The van der Waals surface area contributed by atoms with Gasteiger partial charge < -0.3 is 9.30 Å². The number of carbonyl (C=O) groups excluding carboxylic acids is 1. The Morgan fingerprint density at radius 2 is 2.06 bits per heavy atom. The molecule has 0 radical (unpaired) electrons. The third-order valence-electron chi connectivity index (χ3n) is 3.07. The highest BCUT2D eigenvalue weighted by Gasteiger charge is 2.16. The van der Waals surface area contributed by atoms with Gasteiger partial charge in [-0.15, -0.1) is 0 Å². The third kappa shape index (κ3) is 1.71. The van der Waals surface area contributed by atoms with Gasteiger partial charge in [-0.05, 0) is 38.5 Å². The molecule has 3 heteroatoms. The first-order valence-corrected chi connectivity index (χ1v) is 5.73. The number of hydrogen-bond acceptors (Lipinski definition) is 2. The zero-order valence-corrected chi connectivity index (χ0v) is 10.7. The standard InChI is InChI=1S/C14H17NO2/c1-9(2)15-11(8-16)7-12-10(3)5-6-13(17-4)14(12)15/h5-9H,1-4H3. The molecule has 0 aliphatic heterocycles. The molecule has 0 atom stereocenters. The molecule has 0 saturated carbocycles. The number of fused-ring (bicyclic) bond motifs is 1. The van der Waals surface area contributed by atoms with E-state index in [9.17, 15) is 4.79 Å². The minimum absolute atomic E-state index is 0.225. The molecule has 1 heterocycles. The lowest BCUT2D eigenvalue weighted by atomic mass is 10.1. The highest BCUT2D eigenvalue weighted by atomic mass is 16.5. The van der Waals surface area contributed by atoms with Crippen LogP contribution in [-0.2, 0) is 0 Å². The molecule has 0 spiro atoms. The van der Waals surface area contributed by atoms with E-state index in [0.29, 0.717) is 5.69 Å². The lowest BCUT2D eigenvalue weighted by molar-refractivity contribution is 0.111. The fraction of sp³-hybridized carbons (Fsp3) is 0.357. The summed E-state index contributed by atoms with van der Waals surface area (Å²) in [4.78, 5) is 11.2. The van der Waals surface area contributed by atoms with Crippen LogP contribution in [0, 0.1) is 6.92 Å². The molecule has 0 N–H and O–H groups in total. The van der Waals surface area contributed by atoms with Crippen LogP contribution in [0.15, 0.2) is 18.2 Å². The second-order valence-electron chi connectivity index (χ2n) is 4.50. The first kappa shape index (κ1) is 11.7. The maximum Gasteiger partial charge on any atom is 0.166 e. The molecule has 3 nitrogen and oxygen atoms in total. The normalized spacial score (nSPS) is 11.1. The molecule has 2 rings (SSSR count). The largest absolute Gasteiger partial charge is 0.495 e. The topological polar surface area (TPSA) is 31.2 Å². The maximum atomic E-state index is 11.2. The first-order valence-electron chi connectivity index (χ1n) is 5.73. The van der Waals surface area contributed by atoms with Crippen LogP contribution < -0.4 is 4.74 Å². The number of carbonyl (C=O) groups is 1. The van der Waals surface area contributed by atoms with Gasteiger partial charge in [-0.25, -0.2) is 0 Å². The molecule has 1 aromatic carbocycles. The van der Waals surface area contributed by atoms with E-state index in [2.05, 4.69) is 13.8 Å². The first-order chi connectivity index (χ1) is 8.10. The van der Waals surface area contributed by atoms with E-state index < -0.39 is 0 Å². The molecule has 17 heavy (non-hydrogen) atoms. The lowest BCUT2D eigenvalue weighted by Gasteiger charge is -2.14. The van der Waals surface area contributed by atoms with Crippen LogP contribution in [0.1, 0.15) is 35.9 Å². The van der Waals surface area contributed by atoms with Crippen molar-refractivity contribution in [2.45, 2.75) is 26.8 Å². The number of nitrogens with zero attached hydrogens (tertiary/aromatic N) is 1. The molecule has 1 aromatic heterocycles. The van der Waals surface area contributed by atoms with Gasteiger partial charge in [0.15, 0.2) is 6.29 Å². The number of aryl methyl sites for hydroxylation is 1. The summed E-state index contributed by atoms with van der Waals surface area (Å²) < 4.78 is 7.42. The van der Waals surface area contributed by atoms with Gasteiger partial charge in [-0.2, -0.15) is 0 Å². The maximum absolute atomic E-state index is 11.2. The van der Waals surface area contributed by atoms with Crippen molar-refractivity contribution in [1.82, 2.24) is 4.57 Å². The van der Waals surface area contributed by atoms with Crippen LogP contribution in [0.4, 0.5) is 0 Å². The fourth-order valence-electron chi connectivity index (χ4n) is 2.28. The minimum atomic E-state index is 0.225. The van der Waals surface area contributed by atoms with E-state index in [0.717, 1.165) is 28.5 Å². The van der Waals surface area contributed by atoms with Crippen molar-refractivity contribution in [2.24, 2.45) is 0 Å². The van der Waals surface area contributed by atoms with Crippen LogP contribution in [0.2, 0.25) is 0 Å². The summed E-state index contributed by atoms with van der Waals surface area (Å²) in [5.41, 5.74) is 2.86. The predicted octanol–water partition coefficient (Wildman–Crippen LogP) is 3.35. The average molecular weight is 231 g/mol. The van der Waals surface area contributed by atoms with E-state index >= 15 is 0 Å². The smallest absolute Gasteiger partial charge is 0.166 e. The molecule has 0 aliphatic rings. The summed E-state index contributed by atoms with van der Waals surface area (Å²) >= 11 is 0. The van der Waals surface area contributed by atoms with Crippen molar-refractivity contribution in [3.63, 3.8) is 0 Å². The van der Waals surface area contributed by atoms with Gasteiger partial charge in [0.05, 0.1) is 18.3 Å². The molecule has 0 bridgehead atoms. The highest BCUT2D eigenvalue weighted by molar-refractivity contribution is 5.94. The molecule has 2 aromatic rings. The second kappa shape index (κ2) is 4.24. The van der Waals surface area contributed by atoms with Crippen LogP contribution in [0.5, 0.6) is 5.75 Å². The number of rotatable bonds is 3. The summed E-state index contributed by atoms with van der Waals surface area (Å²) in [7, 11) is 1.66. The molecule has 90 valence electrons. The SMILES string of the molecule is COc1ccc(C)c2cc(C=O)n(C(C)C)c12. The molecule has 0 fully saturated rings. The Bertz CT molecular complexity index is 567. The van der Waals surface area contributed by atoms with Crippen molar-refractivity contribution < 1.29 is 9.53 Å². The zero-order valence-electron chi connectivity index (χ0n) is 10.7. The Morgan fingerprint density at radius 1 is 1.35 bits per heavy atom. The van der Waals surface area contributed by atoms with Gasteiger partial charge in [0.2, 0.25) is 0 Å². The monoisotopic (exact) mass is 231 g/mol. The van der Waals surface area contributed by atoms with Gasteiger partial charge in [-0.3, -0.25) is 4.79 Å². The van der Waals surface area contributed by atoms with E-state index in [1.807, 2.05) is 29.7 Å². The van der Waals surface area contributed by atoms with Gasteiger partial charge in [-0.1, -0.05) is 6.07 Å². The number of aldehydes is 1. The summed E-state index contributed by atoms with van der Waals surface area (Å²) in [5, 5.41) is 1.08. The average Bonchev–Trinajstić information content (AvgIpc) is 2.70. The van der Waals surface area contributed by atoms with Crippen LogP contribution in [-0.4, -0.2) is 18.0 Å². The number of hydrogen-bond donors (Lipinski definition) is 0. The summed E-state index contributed by atoms with van der Waals surface area (Å²) in [6.45, 7) is 6.17. The molecule has 0 aliphatic carbocycles. The van der Waals surface area contributed by atoms with Gasteiger partial charge >= 0.3 is 0 Å². The Kier molecular flexibility index (Phi) is 2.92. The quantitative estimate of drug-likeness (QED) is 0.758. The summed E-state index contributed by atoms with van der Waals surface area (Å²) in [6.07, 6.45) is 0.902. The number of benzene rings is 1. The van der Waals surface area contributed by atoms with Crippen molar-refractivity contribution in [2.75, 3.05) is 7.11 Å². The van der Waals surface area contributed by atoms with E-state index in [1.165, 1.54) is 0 Å². The van der Waals surface area contributed by atoms with E-state index in [-0.39, 0.29) is 6.04 Å². The van der Waals surface area contributed by atoms with Crippen molar-refractivity contribution in [3.05, 3.63) is 29.5 Å². The van der Waals surface area contributed by atoms with Gasteiger partial charge in [0.25, 0.3) is 0 Å². The number of methoxy groups -OCH3 is 1. The summed E-state index contributed by atoms with van der Waals surface area (Å²) in [6, 6.07) is 6.12.